The molecule has 3 rings (SSSR count). The lowest BCUT2D eigenvalue weighted by molar-refractivity contribution is -0.137. The molecule has 2 heterocycles. The summed E-state index contributed by atoms with van der Waals surface area (Å²) >= 11 is 6.17. The van der Waals surface area contributed by atoms with Gasteiger partial charge in [0.05, 0.1) is 28.5 Å². The molecule has 26 heavy (non-hydrogen) atoms. The number of fused-ring (bicyclic) bond motifs is 1. The number of rotatable bonds is 4. The molecule has 0 aliphatic rings. The molecule has 0 spiro atoms. The van der Waals surface area contributed by atoms with Gasteiger partial charge in [0.1, 0.15) is 17.9 Å². The van der Waals surface area contributed by atoms with E-state index in [4.69, 9.17) is 16.9 Å². The number of aromatic nitrogens is 4. The maximum Gasteiger partial charge on any atom is 0.421 e. The number of nitrogens with one attached hydrogen (secondary N) is 2. The van der Waals surface area contributed by atoms with Crippen LogP contribution in [-0.2, 0) is 12.7 Å². The summed E-state index contributed by atoms with van der Waals surface area (Å²) in [7, 11) is 1.34. The van der Waals surface area contributed by atoms with Crippen molar-refractivity contribution in [2.24, 2.45) is 0 Å². The van der Waals surface area contributed by atoms with Gasteiger partial charge >= 0.3 is 6.18 Å². The topological polar surface area (TPSA) is 91.5 Å². The zero-order valence-corrected chi connectivity index (χ0v) is 14.0. The van der Waals surface area contributed by atoms with Crippen molar-refractivity contribution in [1.82, 2.24) is 19.7 Å². The molecule has 11 heteroatoms. The SMILES string of the molecule is CNc1nc(Nc2ccc(Cl)c3c2cnn3CC#N)ncc1C(F)(F)F. The molecule has 0 bridgehead atoms. The summed E-state index contributed by atoms with van der Waals surface area (Å²) in [6.45, 7) is 0.00730. The van der Waals surface area contributed by atoms with Crippen LogP contribution in [0.5, 0.6) is 0 Å². The lowest BCUT2D eigenvalue weighted by Gasteiger charge is -2.13. The van der Waals surface area contributed by atoms with E-state index in [1.54, 1.807) is 12.1 Å². The maximum absolute atomic E-state index is 12.9. The summed E-state index contributed by atoms with van der Waals surface area (Å²) < 4.78 is 40.2. The lowest BCUT2D eigenvalue weighted by Crippen LogP contribution is -2.12. The second-order valence-corrected chi connectivity index (χ2v) is 5.55. The third-order valence-electron chi connectivity index (χ3n) is 3.55. The highest BCUT2D eigenvalue weighted by atomic mass is 35.5. The van der Waals surface area contributed by atoms with Crippen molar-refractivity contribution in [3.63, 3.8) is 0 Å². The third kappa shape index (κ3) is 3.21. The number of hydrogen-bond acceptors (Lipinski definition) is 6. The van der Waals surface area contributed by atoms with Gasteiger partial charge < -0.3 is 10.6 Å². The minimum Gasteiger partial charge on any atom is -0.372 e. The van der Waals surface area contributed by atoms with Crippen molar-refractivity contribution in [2.75, 3.05) is 17.7 Å². The second kappa shape index (κ2) is 6.68. The number of benzene rings is 1. The Morgan fingerprint density at radius 1 is 1.31 bits per heavy atom. The minimum absolute atomic E-state index is 0.00730. The Bertz CT molecular complexity index is 1010. The molecule has 3 aromatic rings. The fourth-order valence-corrected chi connectivity index (χ4v) is 2.68. The van der Waals surface area contributed by atoms with Crippen molar-refractivity contribution in [3.8, 4) is 6.07 Å². The molecule has 0 unspecified atom stereocenters. The molecular formula is C15H11ClF3N7. The molecule has 7 nitrogen and oxygen atoms in total. The summed E-state index contributed by atoms with van der Waals surface area (Å²) in [6, 6.07) is 5.19. The van der Waals surface area contributed by atoms with Crippen molar-refractivity contribution < 1.29 is 13.2 Å². The molecule has 0 saturated carbocycles. The monoisotopic (exact) mass is 381 g/mol. The summed E-state index contributed by atoms with van der Waals surface area (Å²) in [5, 5.41) is 19.2. The molecule has 0 aliphatic heterocycles. The largest absolute Gasteiger partial charge is 0.421 e. The van der Waals surface area contributed by atoms with E-state index in [1.807, 2.05) is 6.07 Å². The van der Waals surface area contributed by atoms with Crippen LogP contribution in [-0.4, -0.2) is 26.8 Å². The predicted octanol–water partition coefficient (Wildman–Crippen LogP) is 3.81. The zero-order chi connectivity index (χ0) is 18.9. The van der Waals surface area contributed by atoms with E-state index in [9.17, 15) is 13.2 Å². The first kappa shape index (κ1) is 17.8. The second-order valence-electron chi connectivity index (χ2n) is 5.15. The maximum atomic E-state index is 12.9. The third-order valence-corrected chi connectivity index (χ3v) is 3.86. The van der Waals surface area contributed by atoms with E-state index in [0.29, 0.717) is 27.8 Å². The Labute approximate surface area is 150 Å². The molecule has 2 N–H and O–H groups in total. The van der Waals surface area contributed by atoms with Crippen LogP contribution in [0.3, 0.4) is 0 Å². The first-order chi connectivity index (χ1) is 12.3. The molecule has 0 aliphatic carbocycles. The fraction of sp³-hybridized carbons (Fsp3) is 0.200. The van der Waals surface area contributed by atoms with Gasteiger partial charge in [-0.05, 0) is 12.1 Å². The minimum atomic E-state index is -4.57. The summed E-state index contributed by atoms with van der Waals surface area (Å²) in [5.74, 6) is -0.376. The van der Waals surface area contributed by atoms with Crippen molar-refractivity contribution in [1.29, 1.82) is 5.26 Å². The number of anilines is 3. The highest BCUT2D eigenvalue weighted by Gasteiger charge is 2.35. The van der Waals surface area contributed by atoms with Crippen molar-refractivity contribution in [3.05, 3.63) is 35.1 Å². The van der Waals surface area contributed by atoms with Gasteiger partial charge in [0.15, 0.2) is 0 Å². The lowest BCUT2D eigenvalue weighted by atomic mass is 10.2. The van der Waals surface area contributed by atoms with Gasteiger partial charge in [0.25, 0.3) is 0 Å². The van der Waals surface area contributed by atoms with Crippen LogP contribution < -0.4 is 10.6 Å². The predicted molar refractivity (Wildman–Crippen MR) is 90.2 cm³/mol. The van der Waals surface area contributed by atoms with E-state index in [-0.39, 0.29) is 18.3 Å². The molecule has 2 aromatic heterocycles. The molecule has 0 radical (unpaired) electrons. The zero-order valence-electron chi connectivity index (χ0n) is 13.3. The Balaban J connectivity index is 2.02. The van der Waals surface area contributed by atoms with Crippen LogP contribution in [0.15, 0.2) is 24.5 Å². The number of halogens is 4. The quantitative estimate of drug-likeness (QED) is 0.714. The number of alkyl halides is 3. The Kier molecular flexibility index (Phi) is 4.56. The van der Waals surface area contributed by atoms with Gasteiger partial charge in [-0.2, -0.15) is 28.5 Å². The first-order valence-corrected chi connectivity index (χ1v) is 7.63. The van der Waals surface area contributed by atoms with Crippen LogP contribution in [0.25, 0.3) is 10.9 Å². The van der Waals surface area contributed by atoms with E-state index in [2.05, 4.69) is 25.7 Å². The summed E-state index contributed by atoms with van der Waals surface area (Å²) in [5.41, 5.74) is 0.0583. The van der Waals surface area contributed by atoms with E-state index in [1.165, 1.54) is 17.9 Å². The van der Waals surface area contributed by atoms with Crippen LogP contribution in [0.4, 0.5) is 30.6 Å². The van der Waals surface area contributed by atoms with E-state index < -0.39 is 11.7 Å². The van der Waals surface area contributed by atoms with Gasteiger partial charge in [0.2, 0.25) is 5.95 Å². The molecular weight excluding hydrogens is 371 g/mol. The van der Waals surface area contributed by atoms with Gasteiger partial charge in [-0.15, -0.1) is 0 Å². The van der Waals surface area contributed by atoms with Crippen LogP contribution in [0.2, 0.25) is 5.02 Å². The van der Waals surface area contributed by atoms with Gasteiger partial charge in [0, 0.05) is 18.6 Å². The summed E-state index contributed by atoms with van der Waals surface area (Å²) in [4.78, 5) is 7.59. The van der Waals surface area contributed by atoms with Gasteiger partial charge in [-0.25, -0.2) is 9.67 Å². The van der Waals surface area contributed by atoms with Crippen molar-refractivity contribution >= 4 is 40.0 Å². The van der Waals surface area contributed by atoms with Crippen LogP contribution >= 0.6 is 11.6 Å². The highest BCUT2D eigenvalue weighted by molar-refractivity contribution is 6.35. The van der Waals surface area contributed by atoms with Crippen molar-refractivity contribution in [2.45, 2.75) is 12.7 Å². The molecule has 0 amide bonds. The van der Waals surface area contributed by atoms with Gasteiger partial charge in [-0.1, -0.05) is 11.6 Å². The normalized spacial score (nSPS) is 11.4. The smallest absolute Gasteiger partial charge is 0.372 e. The average Bonchev–Trinajstić information content (AvgIpc) is 3.01. The van der Waals surface area contributed by atoms with E-state index in [0.717, 1.165) is 0 Å². The average molecular weight is 382 g/mol. The number of hydrogen-bond donors (Lipinski definition) is 2. The summed E-state index contributed by atoms with van der Waals surface area (Å²) in [6.07, 6.45) is -2.36. The number of nitriles is 1. The fourth-order valence-electron chi connectivity index (χ4n) is 2.42. The van der Waals surface area contributed by atoms with Crippen LogP contribution in [0, 0.1) is 11.3 Å². The Morgan fingerprint density at radius 2 is 2.08 bits per heavy atom. The Hall–Kier alpha value is -3.06. The van der Waals surface area contributed by atoms with Crippen LogP contribution in [0.1, 0.15) is 5.56 Å². The van der Waals surface area contributed by atoms with Gasteiger partial charge in [-0.3, -0.25) is 0 Å². The highest BCUT2D eigenvalue weighted by Crippen LogP contribution is 2.35. The first-order valence-electron chi connectivity index (χ1n) is 7.25. The molecule has 134 valence electrons. The molecule has 0 saturated heterocycles. The Morgan fingerprint density at radius 3 is 2.73 bits per heavy atom. The standard InChI is InChI=1S/C15H11ClF3N7/c1-21-13-9(15(17,18)19)7-22-14(25-13)24-11-3-2-10(16)12-8(11)6-23-26(12)5-4-20/h2-3,6-7H,5H2,1H3,(H2,21,22,24,25). The molecule has 0 atom stereocenters. The molecule has 1 aromatic carbocycles. The molecule has 0 fully saturated rings. The van der Waals surface area contributed by atoms with E-state index >= 15 is 0 Å². The number of nitrogens with zero attached hydrogens (tertiary/aromatic N) is 5.